The zero-order chi connectivity index (χ0) is 20.2. The molecule has 1 aliphatic heterocycles. The Balaban J connectivity index is 1.50. The van der Waals surface area contributed by atoms with Gasteiger partial charge in [0.2, 0.25) is 0 Å². The summed E-state index contributed by atoms with van der Waals surface area (Å²) in [4.78, 5) is 35.9. The van der Waals surface area contributed by atoms with Gasteiger partial charge in [-0.25, -0.2) is 0 Å². The number of fused-ring (bicyclic) bond motifs is 1. The first-order valence-corrected chi connectivity index (χ1v) is 9.41. The Bertz CT molecular complexity index is 781. The number of rotatable bonds is 7. The van der Waals surface area contributed by atoms with Crippen LogP contribution in [0.4, 0.5) is 8.78 Å². The maximum atomic E-state index is 12.9. The molecule has 27 heavy (non-hydrogen) atoms. The molecule has 2 N–H and O–H groups in total. The molecule has 3 fully saturated rings. The Morgan fingerprint density at radius 1 is 1.33 bits per heavy atom. The molecule has 0 radical (unpaired) electrons. The fraction of sp³-hybridized carbons (Fsp3) is 0.786. The number of aliphatic hydroxyl groups is 1. The Labute approximate surface area is 151 Å². The number of ether oxygens (including phenoxy) is 3. The molecule has 5 unspecified atom stereocenters. The fourth-order valence-corrected chi connectivity index (χ4v) is 4.16. The molecule has 2 bridgehead atoms. The van der Waals surface area contributed by atoms with E-state index in [1.54, 1.807) is 0 Å². The number of carbonyl (C=O) groups is 3. The van der Waals surface area contributed by atoms with Crippen molar-refractivity contribution in [1.29, 1.82) is 0 Å². The van der Waals surface area contributed by atoms with Gasteiger partial charge >= 0.3 is 33.3 Å². The highest BCUT2D eigenvalue weighted by Crippen LogP contribution is 2.62. The number of esters is 3. The maximum absolute atomic E-state index is 12.9. The molecule has 0 aromatic rings. The third kappa shape index (κ3) is 3.06. The minimum Gasteiger partial charge on any atom is -0.464 e. The second-order valence-corrected chi connectivity index (χ2v) is 8.34. The molecular formula is C14H16F2O10S. The summed E-state index contributed by atoms with van der Waals surface area (Å²) in [6.07, 6.45) is -1.77. The van der Waals surface area contributed by atoms with Crippen molar-refractivity contribution in [2.75, 3.05) is 13.2 Å². The fourth-order valence-electron chi connectivity index (χ4n) is 3.96. The van der Waals surface area contributed by atoms with Crippen LogP contribution in [0.1, 0.15) is 19.3 Å². The lowest BCUT2D eigenvalue weighted by molar-refractivity contribution is -0.166. The Kier molecular flexibility index (Phi) is 4.67. The highest BCUT2D eigenvalue weighted by atomic mass is 32.2. The van der Waals surface area contributed by atoms with Gasteiger partial charge in [0, 0.05) is 5.92 Å². The van der Waals surface area contributed by atoms with E-state index in [9.17, 15) is 36.7 Å². The Morgan fingerprint density at radius 3 is 2.59 bits per heavy atom. The van der Waals surface area contributed by atoms with Crippen molar-refractivity contribution in [3.63, 3.8) is 0 Å². The first-order chi connectivity index (χ1) is 12.4. The SMILES string of the molecule is O=C(CCOC(=O)C12CC3CC1C(OC2=O)C3O)OCC(F)(F)S(=O)(=O)O. The molecule has 10 nitrogen and oxygen atoms in total. The van der Waals surface area contributed by atoms with Gasteiger partial charge in [-0.05, 0) is 18.8 Å². The molecule has 3 aliphatic rings. The van der Waals surface area contributed by atoms with E-state index in [2.05, 4.69) is 4.74 Å². The van der Waals surface area contributed by atoms with E-state index in [-0.39, 0.29) is 12.3 Å². The van der Waals surface area contributed by atoms with Gasteiger partial charge in [-0.15, -0.1) is 0 Å². The maximum Gasteiger partial charge on any atom is 0.402 e. The molecule has 5 atom stereocenters. The monoisotopic (exact) mass is 414 g/mol. The van der Waals surface area contributed by atoms with Crippen molar-refractivity contribution >= 4 is 28.0 Å². The highest BCUT2D eigenvalue weighted by Gasteiger charge is 2.74. The quantitative estimate of drug-likeness (QED) is 0.235. The standard InChI is InChI=1S/C14H16F2O10S/c15-14(16,27(21,22)23)5-25-8(17)1-2-24-11(19)13-4-6-3-7(13)10(9(6)18)26-12(13)20/h6-7,9-10,18H,1-5H2,(H,21,22,23). The minimum atomic E-state index is -5.73. The van der Waals surface area contributed by atoms with E-state index in [1.807, 2.05) is 0 Å². The molecule has 2 saturated carbocycles. The molecule has 1 heterocycles. The predicted molar refractivity (Wildman–Crippen MR) is 77.6 cm³/mol. The zero-order valence-electron chi connectivity index (χ0n) is 13.7. The first kappa shape index (κ1) is 19.9. The van der Waals surface area contributed by atoms with Crippen molar-refractivity contribution in [2.24, 2.45) is 17.3 Å². The molecule has 1 saturated heterocycles. The third-order valence-corrected chi connectivity index (χ3v) is 6.15. The summed E-state index contributed by atoms with van der Waals surface area (Å²) in [5, 5.41) is 5.28. The average molecular weight is 414 g/mol. The van der Waals surface area contributed by atoms with Crippen LogP contribution in [0.2, 0.25) is 0 Å². The van der Waals surface area contributed by atoms with E-state index in [4.69, 9.17) is 14.0 Å². The number of carbonyl (C=O) groups excluding carboxylic acids is 3. The smallest absolute Gasteiger partial charge is 0.402 e. The van der Waals surface area contributed by atoms with E-state index in [0.29, 0.717) is 6.42 Å². The molecule has 13 heteroatoms. The molecule has 3 rings (SSSR count). The lowest BCUT2D eigenvalue weighted by atomic mass is 9.73. The zero-order valence-corrected chi connectivity index (χ0v) is 14.5. The van der Waals surface area contributed by atoms with Gasteiger partial charge in [0.15, 0.2) is 12.0 Å². The van der Waals surface area contributed by atoms with Crippen LogP contribution in [0.3, 0.4) is 0 Å². The number of alkyl halides is 2. The van der Waals surface area contributed by atoms with Crippen molar-refractivity contribution in [2.45, 2.75) is 36.7 Å². The van der Waals surface area contributed by atoms with Crippen molar-refractivity contribution in [3.05, 3.63) is 0 Å². The number of aliphatic hydroxyl groups excluding tert-OH is 1. The molecule has 0 aromatic carbocycles. The van der Waals surface area contributed by atoms with Crippen molar-refractivity contribution < 1.29 is 55.5 Å². The van der Waals surface area contributed by atoms with Crippen LogP contribution in [0.25, 0.3) is 0 Å². The van der Waals surface area contributed by atoms with Gasteiger partial charge in [-0.2, -0.15) is 17.2 Å². The van der Waals surface area contributed by atoms with Gasteiger partial charge < -0.3 is 19.3 Å². The second-order valence-electron chi connectivity index (χ2n) is 6.80. The number of halogens is 2. The molecule has 0 spiro atoms. The van der Waals surface area contributed by atoms with E-state index in [0.717, 1.165) is 0 Å². The molecule has 0 aromatic heterocycles. The number of hydrogen-bond donors (Lipinski definition) is 2. The summed E-state index contributed by atoms with van der Waals surface area (Å²) >= 11 is 0. The van der Waals surface area contributed by atoms with Crippen molar-refractivity contribution in [1.82, 2.24) is 0 Å². The van der Waals surface area contributed by atoms with Gasteiger partial charge in [-0.1, -0.05) is 0 Å². The predicted octanol–water partition coefficient (Wildman–Crippen LogP) is -0.744. The lowest BCUT2D eigenvalue weighted by Crippen LogP contribution is -2.44. The molecule has 2 aliphatic carbocycles. The Hall–Kier alpha value is -1.86. The summed E-state index contributed by atoms with van der Waals surface area (Å²) in [7, 11) is -5.73. The summed E-state index contributed by atoms with van der Waals surface area (Å²) < 4.78 is 68.9. The van der Waals surface area contributed by atoms with Gasteiger partial charge in [-0.3, -0.25) is 18.9 Å². The van der Waals surface area contributed by atoms with E-state index in [1.165, 1.54) is 0 Å². The van der Waals surface area contributed by atoms with Crippen LogP contribution in [-0.4, -0.2) is 66.7 Å². The van der Waals surface area contributed by atoms with E-state index < -0.39 is 76.5 Å². The van der Waals surface area contributed by atoms with Crippen LogP contribution in [0.5, 0.6) is 0 Å². The first-order valence-electron chi connectivity index (χ1n) is 7.97. The summed E-state index contributed by atoms with van der Waals surface area (Å²) in [5.41, 5.74) is -1.53. The highest BCUT2D eigenvalue weighted by molar-refractivity contribution is 7.86. The molecular weight excluding hydrogens is 398 g/mol. The van der Waals surface area contributed by atoms with Crippen LogP contribution in [0, 0.1) is 17.3 Å². The van der Waals surface area contributed by atoms with Gasteiger partial charge in [0.05, 0.1) is 12.5 Å². The largest absolute Gasteiger partial charge is 0.464 e. The third-order valence-electron chi connectivity index (χ3n) is 5.28. The normalized spacial score (nSPS) is 34.4. The van der Waals surface area contributed by atoms with Gasteiger partial charge in [0.1, 0.15) is 12.7 Å². The van der Waals surface area contributed by atoms with Crippen LogP contribution in [-0.2, 0) is 38.7 Å². The van der Waals surface area contributed by atoms with E-state index >= 15 is 0 Å². The average Bonchev–Trinajstić information content (AvgIpc) is 3.15. The topological polar surface area (TPSA) is 154 Å². The van der Waals surface area contributed by atoms with Crippen molar-refractivity contribution in [3.8, 4) is 0 Å². The van der Waals surface area contributed by atoms with Crippen LogP contribution in [0.15, 0.2) is 0 Å². The van der Waals surface area contributed by atoms with Crippen LogP contribution >= 0.6 is 0 Å². The second kappa shape index (κ2) is 6.34. The summed E-state index contributed by atoms with van der Waals surface area (Å²) in [5.74, 6) is -3.80. The minimum absolute atomic E-state index is 0.0675. The van der Waals surface area contributed by atoms with Gasteiger partial charge in [0.25, 0.3) is 0 Å². The molecule has 152 valence electrons. The van der Waals surface area contributed by atoms with Crippen LogP contribution < -0.4 is 0 Å². The molecule has 0 amide bonds. The lowest BCUT2D eigenvalue weighted by Gasteiger charge is -2.27. The number of hydrogen-bond acceptors (Lipinski definition) is 9. The summed E-state index contributed by atoms with van der Waals surface area (Å²) in [6.45, 7) is -2.48. The summed E-state index contributed by atoms with van der Waals surface area (Å²) in [6, 6.07) is 0. The Morgan fingerprint density at radius 2 is 2.00 bits per heavy atom.